The highest BCUT2D eigenvalue weighted by atomic mass is 16.5. The summed E-state index contributed by atoms with van der Waals surface area (Å²) in [6.07, 6.45) is 0. The largest absolute Gasteiger partial charge is 0.378 e. The van der Waals surface area contributed by atoms with Crippen molar-refractivity contribution in [3.8, 4) is 0 Å². The van der Waals surface area contributed by atoms with Gasteiger partial charge in [0, 0.05) is 18.7 Å². The van der Waals surface area contributed by atoms with Crippen LogP contribution < -0.4 is 0 Å². The standard InChI is InChI=1S/C15H21NO2/c1-11(2)14-10-13(5-4-12(14)3)15(17)16-6-8-18-9-7-16/h4-5,10-11H,6-9H2,1-3H3. The van der Waals surface area contributed by atoms with Crippen LogP contribution in [0.4, 0.5) is 0 Å². The van der Waals surface area contributed by atoms with Crippen LogP contribution in [0, 0.1) is 6.92 Å². The van der Waals surface area contributed by atoms with Crippen LogP contribution in [0.2, 0.25) is 0 Å². The molecule has 98 valence electrons. The van der Waals surface area contributed by atoms with Gasteiger partial charge in [0.1, 0.15) is 0 Å². The predicted octanol–water partition coefficient (Wildman–Crippen LogP) is 2.59. The van der Waals surface area contributed by atoms with Crippen molar-refractivity contribution in [1.82, 2.24) is 4.90 Å². The first-order valence-electron chi connectivity index (χ1n) is 6.57. The lowest BCUT2D eigenvalue weighted by Crippen LogP contribution is -2.40. The maximum Gasteiger partial charge on any atom is 0.254 e. The number of morpholine rings is 1. The predicted molar refractivity (Wildman–Crippen MR) is 72.0 cm³/mol. The topological polar surface area (TPSA) is 29.5 Å². The summed E-state index contributed by atoms with van der Waals surface area (Å²) < 4.78 is 5.27. The molecule has 1 aromatic rings. The van der Waals surface area contributed by atoms with E-state index in [2.05, 4.69) is 20.8 Å². The SMILES string of the molecule is Cc1ccc(C(=O)N2CCOCC2)cc1C(C)C. The van der Waals surface area contributed by atoms with Crippen molar-refractivity contribution < 1.29 is 9.53 Å². The summed E-state index contributed by atoms with van der Waals surface area (Å²) >= 11 is 0. The number of rotatable bonds is 2. The van der Waals surface area contributed by atoms with Crippen LogP contribution in [-0.4, -0.2) is 37.1 Å². The molecule has 1 aliphatic heterocycles. The minimum atomic E-state index is 0.125. The van der Waals surface area contributed by atoms with E-state index in [1.165, 1.54) is 11.1 Å². The molecule has 1 aliphatic rings. The lowest BCUT2D eigenvalue weighted by Gasteiger charge is -2.27. The Hall–Kier alpha value is -1.35. The van der Waals surface area contributed by atoms with Crippen LogP contribution >= 0.6 is 0 Å². The lowest BCUT2D eigenvalue weighted by atomic mass is 9.95. The first kappa shape index (κ1) is 13.1. The molecule has 1 heterocycles. The van der Waals surface area contributed by atoms with Gasteiger partial charge in [-0.05, 0) is 36.1 Å². The number of amides is 1. The lowest BCUT2D eigenvalue weighted by molar-refractivity contribution is 0.0303. The monoisotopic (exact) mass is 247 g/mol. The summed E-state index contributed by atoms with van der Waals surface area (Å²) in [4.78, 5) is 14.2. The molecule has 1 aromatic carbocycles. The maximum absolute atomic E-state index is 12.4. The fourth-order valence-electron chi connectivity index (χ4n) is 2.34. The molecule has 1 saturated heterocycles. The number of carbonyl (C=O) groups excluding carboxylic acids is 1. The summed E-state index contributed by atoms with van der Waals surface area (Å²) in [6, 6.07) is 6.01. The molecule has 0 unspecified atom stereocenters. The number of carbonyl (C=O) groups is 1. The van der Waals surface area contributed by atoms with E-state index in [1.54, 1.807) is 0 Å². The zero-order valence-electron chi connectivity index (χ0n) is 11.4. The van der Waals surface area contributed by atoms with E-state index < -0.39 is 0 Å². The number of hydrogen-bond donors (Lipinski definition) is 0. The summed E-state index contributed by atoms with van der Waals surface area (Å²) in [5.74, 6) is 0.572. The van der Waals surface area contributed by atoms with Crippen LogP contribution in [-0.2, 0) is 4.74 Å². The molecule has 1 fully saturated rings. The second kappa shape index (κ2) is 5.53. The van der Waals surface area contributed by atoms with Crippen LogP contribution in [0.5, 0.6) is 0 Å². The highest BCUT2D eigenvalue weighted by Crippen LogP contribution is 2.21. The summed E-state index contributed by atoms with van der Waals surface area (Å²) in [7, 11) is 0. The van der Waals surface area contributed by atoms with Crippen molar-refractivity contribution in [2.24, 2.45) is 0 Å². The molecule has 0 aromatic heterocycles. The molecule has 3 heteroatoms. The Balaban J connectivity index is 2.22. The molecule has 18 heavy (non-hydrogen) atoms. The Morgan fingerprint density at radius 1 is 1.28 bits per heavy atom. The Morgan fingerprint density at radius 3 is 2.56 bits per heavy atom. The van der Waals surface area contributed by atoms with Gasteiger partial charge in [0.15, 0.2) is 0 Å². The number of nitrogens with zero attached hydrogens (tertiary/aromatic N) is 1. The molecule has 1 amide bonds. The van der Waals surface area contributed by atoms with Crippen LogP contribution in [0.15, 0.2) is 18.2 Å². The normalized spacial score (nSPS) is 16.1. The second-order valence-electron chi connectivity index (χ2n) is 5.13. The minimum absolute atomic E-state index is 0.125. The van der Waals surface area contributed by atoms with Crippen molar-refractivity contribution in [1.29, 1.82) is 0 Å². The number of hydrogen-bond acceptors (Lipinski definition) is 2. The quantitative estimate of drug-likeness (QED) is 0.804. The van der Waals surface area contributed by atoms with E-state index >= 15 is 0 Å². The zero-order valence-corrected chi connectivity index (χ0v) is 11.4. The van der Waals surface area contributed by atoms with Crippen LogP contribution in [0.3, 0.4) is 0 Å². The fraction of sp³-hybridized carbons (Fsp3) is 0.533. The molecular formula is C15H21NO2. The molecule has 0 spiro atoms. The maximum atomic E-state index is 12.4. The van der Waals surface area contributed by atoms with Gasteiger partial charge in [0.2, 0.25) is 0 Å². The first-order chi connectivity index (χ1) is 8.59. The number of aryl methyl sites for hydroxylation is 1. The van der Waals surface area contributed by atoms with Gasteiger partial charge in [-0.1, -0.05) is 19.9 Å². The summed E-state index contributed by atoms with van der Waals surface area (Å²) in [5.41, 5.74) is 3.31. The summed E-state index contributed by atoms with van der Waals surface area (Å²) in [5, 5.41) is 0. The van der Waals surface area contributed by atoms with E-state index in [-0.39, 0.29) is 5.91 Å². The summed E-state index contributed by atoms with van der Waals surface area (Å²) in [6.45, 7) is 9.10. The van der Waals surface area contributed by atoms with Gasteiger partial charge in [-0.15, -0.1) is 0 Å². The second-order valence-corrected chi connectivity index (χ2v) is 5.13. The van der Waals surface area contributed by atoms with Crippen molar-refractivity contribution >= 4 is 5.91 Å². The molecule has 0 N–H and O–H groups in total. The van der Waals surface area contributed by atoms with E-state index in [0.717, 1.165) is 5.56 Å². The van der Waals surface area contributed by atoms with Gasteiger partial charge in [0.25, 0.3) is 5.91 Å². The zero-order chi connectivity index (χ0) is 13.1. The molecule has 0 radical (unpaired) electrons. The van der Waals surface area contributed by atoms with Gasteiger partial charge in [-0.3, -0.25) is 4.79 Å². The molecule has 2 rings (SSSR count). The first-order valence-corrected chi connectivity index (χ1v) is 6.57. The third-order valence-corrected chi connectivity index (χ3v) is 3.45. The third kappa shape index (κ3) is 2.72. The molecule has 0 saturated carbocycles. The van der Waals surface area contributed by atoms with E-state index in [0.29, 0.717) is 32.2 Å². The average molecular weight is 247 g/mol. The highest BCUT2D eigenvalue weighted by molar-refractivity contribution is 5.94. The van der Waals surface area contributed by atoms with E-state index in [9.17, 15) is 4.79 Å². The number of ether oxygens (including phenoxy) is 1. The van der Waals surface area contributed by atoms with Gasteiger partial charge in [0.05, 0.1) is 13.2 Å². The minimum Gasteiger partial charge on any atom is -0.378 e. The average Bonchev–Trinajstić information content (AvgIpc) is 2.39. The van der Waals surface area contributed by atoms with Crippen LogP contribution in [0.25, 0.3) is 0 Å². The van der Waals surface area contributed by atoms with Crippen molar-refractivity contribution in [3.05, 3.63) is 34.9 Å². The van der Waals surface area contributed by atoms with Gasteiger partial charge in [-0.2, -0.15) is 0 Å². The van der Waals surface area contributed by atoms with Gasteiger partial charge in [-0.25, -0.2) is 0 Å². The smallest absolute Gasteiger partial charge is 0.254 e. The van der Waals surface area contributed by atoms with Gasteiger partial charge >= 0.3 is 0 Å². The molecule has 3 nitrogen and oxygen atoms in total. The number of benzene rings is 1. The molecule has 0 bridgehead atoms. The van der Waals surface area contributed by atoms with Crippen molar-refractivity contribution in [2.45, 2.75) is 26.7 Å². The van der Waals surface area contributed by atoms with E-state index in [1.807, 2.05) is 23.1 Å². The Bertz CT molecular complexity index is 434. The molecular weight excluding hydrogens is 226 g/mol. The van der Waals surface area contributed by atoms with Crippen LogP contribution in [0.1, 0.15) is 41.3 Å². The Labute approximate surface area is 109 Å². The fourth-order valence-corrected chi connectivity index (χ4v) is 2.34. The third-order valence-electron chi connectivity index (χ3n) is 3.45. The Morgan fingerprint density at radius 2 is 1.94 bits per heavy atom. The Kier molecular flexibility index (Phi) is 4.02. The van der Waals surface area contributed by atoms with Crippen molar-refractivity contribution in [3.63, 3.8) is 0 Å². The highest BCUT2D eigenvalue weighted by Gasteiger charge is 2.19. The van der Waals surface area contributed by atoms with E-state index in [4.69, 9.17) is 4.74 Å². The van der Waals surface area contributed by atoms with Crippen molar-refractivity contribution in [2.75, 3.05) is 26.3 Å². The molecule has 0 atom stereocenters. The molecule has 0 aliphatic carbocycles. The van der Waals surface area contributed by atoms with Gasteiger partial charge < -0.3 is 9.64 Å².